The molecule has 3 heteroatoms. The van der Waals surface area contributed by atoms with Gasteiger partial charge in [0.2, 0.25) is 0 Å². The summed E-state index contributed by atoms with van der Waals surface area (Å²) < 4.78 is 0. The van der Waals surface area contributed by atoms with Crippen molar-refractivity contribution in [2.45, 2.75) is 38.1 Å². The number of benzene rings is 1. The normalized spacial score (nSPS) is 19.4. The van der Waals surface area contributed by atoms with E-state index < -0.39 is 0 Å². The second kappa shape index (κ2) is 7.19. The molecule has 116 valence electrons. The van der Waals surface area contributed by atoms with Crippen molar-refractivity contribution in [1.29, 1.82) is 0 Å². The monoisotopic (exact) mass is 288 g/mol. The Morgan fingerprint density at radius 2 is 1.86 bits per heavy atom. The van der Waals surface area contributed by atoms with Gasteiger partial charge in [-0.1, -0.05) is 37.3 Å². The molecular weight excluding hydrogens is 260 g/mol. The number of hydrogen-bond donors (Lipinski definition) is 1. The highest BCUT2D eigenvalue weighted by molar-refractivity contribution is 5.91. The van der Waals surface area contributed by atoms with Crippen LogP contribution in [0.5, 0.6) is 0 Å². The fraction of sp³-hybridized carbons (Fsp3) is 0.611. The van der Waals surface area contributed by atoms with Crippen molar-refractivity contribution in [1.82, 2.24) is 10.2 Å². The highest BCUT2D eigenvalue weighted by Crippen LogP contribution is 2.30. The minimum atomic E-state index is -0.372. The number of carbonyl (C=O) groups excluding carboxylic acids is 1. The molecule has 1 aliphatic heterocycles. The second-order valence-corrected chi connectivity index (χ2v) is 6.33. The molecule has 0 saturated carbocycles. The Kier molecular flexibility index (Phi) is 5.54. The summed E-state index contributed by atoms with van der Waals surface area (Å²) in [5.74, 6) is 0.637. The first-order valence-corrected chi connectivity index (χ1v) is 8.06. The molecule has 3 nitrogen and oxygen atoms in total. The fourth-order valence-electron chi connectivity index (χ4n) is 3.48. The maximum absolute atomic E-state index is 13.2. The number of hydrogen-bond acceptors (Lipinski definition) is 3. The van der Waals surface area contributed by atoms with Gasteiger partial charge in [0.15, 0.2) is 5.78 Å². The molecule has 1 unspecified atom stereocenters. The van der Waals surface area contributed by atoms with Crippen LogP contribution in [0, 0.1) is 5.92 Å². The summed E-state index contributed by atoms with van der Waals surface area (Å²) in [6, 6.07) is 10.4. The Balaban J connectivity index is 2.25. The van der Waals surface area contributed by atoms with Crippen LogP contribution in [0.2, 0.25) is 0 Å². The van der Waals surface area contributed by atoms with Gasteiger partial charge in [-0.05, 0) is 58.4 Å². The SMILES string of the molecule is CCC(Cc1ccccc1)(C(=O)C1CCNCC1)N(C)C. The van der Waals surface area contributed by atoms with Gasteiger partial charge in [-0.3, -0.25) is 9.69 Å². The summed E-state index contributed by atoms with van der Waals surface area (Å²) >= 11 is 0. The molecule has 0 amide bonds. The predicted molar refractivity (Wildman–Crippen MR) is 87.5 cm³/mol. The van der Waals surface area contributed by atoms with Gasteiger partial charge in [0.1, 0.15) is 0 Å². The average molecular weight is 288 g/mol. The topological polar surface area (TPSA) is 32.3 Å². The van der Waals surface area contributed by atoms with Crippen LogP contribution >= 0.6 is 0 Å². The molecule has 2 rings (SSSR count). The van der Waals surface area contributed by atoms with Crippen LogP contribution in [0.25, 0.3) is 0 Å². The largest absolute Gasteiger partial charge is 0.317 e. The Morgan fingerprint density at radius 1 is 1.24 bits per heavy atom. The van der Waals surface area contributed by atoms with Crippen molar-refractivity contribution in [2.24, 2.45) is 5.92 Å². The molecule has 21 heavy (non-hydrogen) atoms. The fourth-order valence-corrected chi connectivity index (χ4v) is 3.48. The summed E-state index contributed by atoms with van der Waals surface area (Å²) in [5, 5.41) is 3.35. The smallest absolute Gasteiger partial charge is 0.156 e. The molecule has 1 heterocycles. The maximum atomic E-state index is 13.2. The van der Waals surface area contributed by atoms with Gasteiger partial charge in [-0.2, -0.15) is 0 Å². The molecule has 1 fully saturated rings. The third-order valence-corrected chi connectivity index (χ3v) is 4.95. The molecule has 1 N–H and O–H groups in total. The Bertz CT molecular complexity index is 452. The van der Waals surface area contributed by atoms with Crippen LogP contribution in [0.3, 0.4) is 0 Å². The Labute approximate surface area is 128 Å². The number of rotatable bonds is 6. The molecule has 0 aromatic heterocycles. The van der Waals surface area contributed by atoms with Crippen molar-refractivity contribution in [2.75, 3.05) is 27.2 Å². The Morgan fingerprint density at radius 3 is 2.38 bits per heavy atom. The second-order valence-electron chi connectivity index (χ2n) is 6.33. The minimum absolute atomic E-state index is 0.206. The summed E-state index contributed by atoms with van der Waals surface area (Å²) in [4.78, 5) is 15.4. The molecule has 0 aliphatic carbocycles. The summed E-state index contributed by atoms with van der Waals surface area (Å²) in [5.41, 5.74) is 0.874. The molecule has 1 saturated heterocycles. The molecule has 0 spiro atoms. The van der Waals surface area contributed by atoms with Gasteiger partial charge in [0.25, 0.3) is 0 Å². The van der Waals surface area contributed by atoms with E-state index in [1.807, 2.05) is 20.2 Å². The van der Waals surface area contributed by atoms with E-state index in [0.29, 0.717) is 5.78 Å². The predicted octanol–water partition coefficient (Wildman–Crippen LogP) is 2.51. The number of carbonyl (C=O) groups is 1. The summed E-state index contributed by atoms with van der Waals surface area (Å²) in [7, 11) is 4.09. The first-order valence-electron chi connectivity index (χ1n) is 8.06. The van der Waals surface area contributed by atoms with Gasteiger partial charge in [0.05, 0.1) is 5.54 Å². The summed E-state index contributed by atoms with van der Waals surface area (Å²) in [6.45, 7) is 4.08. The molecule has 0 radical (unpaired) electrons. The lowest BCUT2D eigenvalue weighted by Crippen LogP contribution is -2.55. The van der Waals surface area contributed by atoms with Crippen molar-refractivity contribution in [3.05, 3.63) is 35.9 Å². The van der Waals surface area contributed by atoms with E-state index in [2.05, 4.69) is 41.4 Å². The number of nitrogens with zero attached hydrogens (tertiary/aromatic N) is 1. The van der Waals surface area contributed by atoms with Gasteiger partial charge in [-0.15, -0.1) is 0 Å². The number of likely N-dealkylation sites (N-methyl/N-ethyl adjacent to an activating group) is 1. The van der Waals surface area contributed by atoms with E-state index in [9.17, 15) is 4.79 Å². The third-order valence-electron chi connectivity index (χ3n) is 4.95. The number of nitrogens with one attached hydrogen (secondary N) is 1. The molecule has 1 atom stereocenters. The minimum Gasteiger partial charge on any atom is -0.317 e. The van der Waals surface area contributed by atoms with Gasteiger partial charge >= 0.3 is 0 Å². The number of piperidine rings is 1. The number of Topliss-reactive ketones (excluding diaryl/α,β-unsaturated/α-hetero) is 1. The average Bonchev–Trinajstić information content (AvgIpc) is 2.53. The maximum Gasteiger partial charge on any atom is 0.156 e. The van der Waals surface area contributed by atoms with Crippen LogP contribution in [-0.4, -0.2) is 43.4 Å². The van der Waals surface area contributed by atoms with Gasteiger partial charge in [0, 0.05) is 5.92 Å². The van der Waals surface area contributed by atoms with Crippen molar-refractivity contribution in [3.8, 4) is 0 Å². The van der Waals surface area contributed by atoms with Gasteiger partial charge in [-0.25, -0.2) is 0 Å². The molecule has 1 aromatic rings. The highest BCUT2D eigenvalue weighted by atomic mass is 16.1. The van der Waals surface area contributed by atoms with Crippen LogP contribution < -0.4 is 5.32 Å². The Hall–Kier alpha value is -1.19. The van der Waals surface area contributed by atoms with E-state index >= 15 is 0 Å². The van der Waals surface area contributed by atoms with E-state index in [-0.39, 0.29) is 11.5 Å². The van der Waals surface area contributed by atoms with Crippen LogP contribution in [0.4, 0.5) is 0 Å². The van der Waals surface area contributed by atoms with E-state index in [4.69, 9.17) is 0 Å². The van der Waals surface area contributed by atoms with E-state index in [0.717, 1.165) is 38.8 Å². The third kappa shape index (κ3) is 3.53. The summed E-state index contributed by atoms with van der Waals surface area (Å²) in [6.07, 6.45) is 3.62. The zero-order valence-corrected chi connectivity index (χ0v) is 13.6. The van der Waals surface area contributed by atoms with E-state index in [1.54, 1.807) is 0 Å². The lowest BCUT2D eigenvalue weighted by Gasteiger charge is -2.41. The zero-order valence-electron chi connectivity index (χ0n) is 13.6. The quantitative estimate of drug-likeness (QED) is 0.873. The first-order chi connectivity index (χ1) is 10.1. The van der Waals surface area contributed by atoms with Crippen molar-refractivity contribution in [3.63, 3.8) is 0 Å². The van der Waals surface area contributed by atoms with Crippen LogP contribution in [-0.2, 0) is 11.2 Å². The van der Waals surface area contributed by atoms with E-state index in [1.165, 1.54) is 5.56 Å². The van der Waals surface area contributed by atoms with Crippen LogP contribution in [0.15, 0.2) is 30.3 Å². The number of ketones is 1. The van der Waals surface area contributed by atoms with Crippen LogP contribution in [0.1, 0.15) is 31.7 Å². The highest BCUT2D eigenvalue weighted by Gasteiger charge is 2.42. The zero-order chi connectivity index (χ0) is 15.3. The van der Waals surface area contributed by atoms with Gasteiger partial charge < -0.3 is 5.32 Å². The van der Waals surface area contributed by atoms with Crippen molar-refractivity contribution >= 4 is 5.78 Å². The molecular formula is C18H28N2O. The molecule has 1 aromatic carbocycles. The first kappa shape index (κ1) is 16.2. The standard InChI is InChI=1S/C18H28N2O/c1-4-18(20(2)3,14-15-8-6-5-7-9-15)17(21)16-10-12-19-13-11-16/h5-9,16,19H,4,10-14H2,1-3H3. The lowest BCUT2D eigenvalue weighted by atomic mass is 9.75. The lowest BCUT2D eigenvalue weighted by molar-refractivity contribution is -0.135. The van der Waals surface area contributed by atoms with Crippen molar-refractivity contribution < 1.29 is 4.79 Å². The molecule has 1 aliphatic rings. The molecule has 0 bridgehead atoms.